The highest BCUT2D eigenvalue weighted by Crippen LogP contribution is 2.33. The molecule has 0 aliphatic rings. The summed E-state index contributed by atoms with van der Waals surface area (Å²) in [5.41, 5.74) is -1.70. The number of benzene rings is 1. The normalized spacial score (nSPS) is 12.5. The Labute approximate surface area is 124 Å². The molecule has 0 fully saturated rings. The van der Waals surface area contributed by atoms with Crippen LogP contribution in [0.25, 0.3) is 0 Å². The Hall–Kier alpha value is -1.68. The first-order valence-corrected chi connectivity index (χ1v) is 7.43. The molecule has 0 heterocycles. The number of alkyl halides is 3. The van der Waals surface area contributed by atoms with Gasteiger partial charge in [0.15, 0.2) is 0 Å². The standard InChI is InChI=1S/C12H13F4NO4S/c1-3-21-11(18)7-17(2)22(19,20)8-4-5-10(13)9(6-8)12(14,15)16/h4-6H,3,7H2,1-2H3. The first-order valence-electron chi connectivity index (χ1n) is 5.99. The molecule has 0 saturated heterocycles. The van der Waals surface area contributed by atoms with Crippen LogP contribution in [0.1, 0.15) is 12.5 Å². The SMILES string of the molecule is CCOC(=O)CN(C)S(=O)(=O)c1ccc(F)c(C(F)(F)F)c1. The number of hydrogen-bond acceptors (Lipinski definition) is 4. The zero-order chi connectivity index (χ0) is 17.1. The Morgan fingerprint density at radius 3 is 2.41 bits per heavy atom. The highest BCUT2D eigenvalue weighted by molar-refractivity contribution is 7.89. The second-order valence-corrected chi connectivity index (χ2v) is 6.25. The predicted molar refractivity (Wildman–Crippen MR) is 67.9 cm³/mol. The average molecular weight is 343 g/mol. The Morgan fingerprint density at radius 2 is 1.91 bits per heavy atom. The predicted octanol–water partition coefficient (Wildman–Crippen LogP) is 2.03. The van der Waals surface area contributed by atoms with Gasteiger partial charge in [0.05, 0.1) is 17.1 Å². The summed E-state index contributed by atoms with van der Waals surface area (Å²) in [5, 5.41) is 0. The van der Waals surface area contributed by atoms with Crippen LogP contribution >= 0.6 is 0 Å². The third-order valence-electron chi connectivity index (χ3n) is 2.61. The van der Waals surface area contributed by atoms with Crippen LogP contribution in [0.2, 0.25) is 0 Å². The zero-order valence-corrected chi connectivity index (χ0v) is 12.5. The summed E-state index contributed by atoms with van der Waals surface area (Å²) < 4.78 is 80.2. The molecule has 0 aliphatic carbocycles. The van der Waals surface area contributed by atoms with E-state index >= 15 is 0 Å². The quantitative estimate of drug-likeness (QED) is 0.606. The van der Waals surface area contributed by atoms with Crippen molar-refractivity contribution in [2.24, 2.45) is 0 Å². The minimum atomic E-state index is -5.03. The molecule has 5 nitrogen and oxygen atoms in total. The largest absolute Gasteiger partial charge is 0.465 e. The number of carbonyl (C=O) groups is 1. The van der Waals surface area contributed by atoms with Crippen LogP contribution in [0.3, 0.4) is 0 Å². The Bertz CT molecular complexity index is 658. The number of esters is 1. The van der Waals surface area contributed by atoms with Gasteiger partial charge in [-0.15, -0.1) is 0 Å². The van der Waals surface area contributed by atoms with Crippen LogP contribution < -0.4 is 0 Å². The summed E-state index contributed by atoms with van der Waals surface area (Å²) in [6, 6.07) is 1.29. The van der Waals surface area contributed by atoms with Gasteiger partial charge in [-0.05, 0) is 25.1 Å². The van der Waals surface area contributed by atoms with Gasteiger partial charge in [-0.2, -0.15) is 17.5 Å². The van der Waals surface area contributed by atoms with Crippen molar-refractivity contribution in [2.45, 2.75) is 18.0 Å². The molecule has 1 aromatic rings. The topological polar surface area (TPSA) is 63.7 Å². The molecule has 1 rings (SSSR count). The molecule has 0 N–H and O–H groups in total. The van der Waals surface area contributed by atoms with E-state index in [0.29, 0.717) is 16.4 Å². The number of ether oxygens (including phenoxy) is 1. The average Bonchev–Trinajstić information content (AvgIpc) is 2.37. The van der Waals surface area contributed by atoms with Gasteiger partial charge in [0.1, 0.15) is 12.4 Å². The van der Waals surface area contributed by atoms with Crippen molar-refractivity contribution in [3.8, 4) is 0 Å². The number of rotatable bonds is 5. The Kier molecular flexibility index (Phi) is 5.52. The minimum absolute atomic E-state index is 0.0293. The molecule has 0 aliphatic heterocycles. The van der Waals surface area contributed by atoms with Crippen molar-refractivity contribution in [2.75, 3.05) is 20.2 Å². The number of likely N-dealkylation sites (N-methyl/N-ethyl adjacent to an activating group) is 1. The fourth-order valence-electron chi connectivity index (χ4n) is 1.54. The van der Waals surface area contributed by atoms with Gasteiger partial charge in [0.25, 0.3) is 0 Å². The first-order chi connectivity index (χ1) is 10.00. The van der Waals surface area contributed by atoms with Crippen molar-refractivity contribution < 1.29 is 35.5 Å². The van der Waals surface area contributed by atoms with Gasteiger partial charge in [-0.3, -0.25) is 4.79 Å². The maximum atomic E-state index is 13.2. The second kappa shape index (κ2) is 6.61. The number of sulfonamides is 1. The van der Waals surface area contributed by atoms with Gasteiger partial charge in [-0.25, -0.2) is 12.8 Å². The van der Waals surface area contributed by atoms with E-state index in [1.54, 1.807) is 0 Å². The third-order valence-corrected chi connectivity index (χ3v) is 4.41. The molecular formula is C12H13F4NO4S. The fourth-order valence-corrected chi connectivity index (χ4v) is 2.68. The summed E-state index contributed by atoms with van der Waals surface area (Å²) in [6.45, 7) is 0.873. The molecule has 10 heteroatoms. The summed E-state index contributed by atoms with van der Waals surface area (Å²) in [5.74, 6) is -2.44. The summed E-state index contributed by atoms with van der Waals surface area (Å²) in [4.78, 5) is 10.5. The molecule has 0 bridgehead atoms. The Morgan fingerprint density at radius 1 is 1.32 bits per heavy atom. The van der Waals surface area contributed by atoms with Gasteiger partial charge in [-0.1, -0.05) is 0 Å². The van der Waals surface area contributed by atoms with Gasteiger partial charge >= 0.3 is 12.1 Å². The van der Waals surface area contributed by atoms with Gasteiger partial charge in [0, 0.05) is 7.05 Å². The van der Waals surface area contributed by atoms with Crippen molar-refractivity contribution in [1.82, 2.24) is 4.31 Å². The lowest BCUT2D eigenvalue weighted by Gasteiger charge is -2.17. The smallest absolute Gasteiger partial charge is 0.419 e. The van der Waals surface area contributed by atoms with Crippen LogP contribution in [0.4, 0.5) is 17.6 Å². The molecule has 0 saturated carbocycles. The van der Waals surface area contributed by atoms with E-state index in [1.165, 1.54) is 6.92 Å². The first kappa shape index (κ1) is 18.4. The van der Waals surface area contributed by atoms with E-state index in [1.807, 2.05) is 0 Å². The maximum Gasteiger partial charge on any atom is 0.419 e. The molecule has 0 radical (unpaired) electrons. The second-order valence-electron chi connectivity index (χ2n) is 4.21. The van der Waals surface area contributed by atoms with E-state index in [2.05, 4.69) is 4.74 Å². The van der Waals surface area contributed by atoms with Crippen LogP contribution in [0.5, 0.6) is 0 Å². The van der Waals surface area contributed by atoms with Crippen molar-refractivity contribution in [3.63, 3.8) is 0 Å². The van der Waals surface area contributed by atoms with E-state index in [-0.39, 0.29) is 12.7 Å². The molecule has 0 unspecified atom stereocenters. The monoisotopic (exact) mass is 343 g/mol. The van der Waals surface area contributed by atoms with E-state index in [9.17, 15) is 30.8 Å². The summed E-state index contributed by atoms with van der Waals surface area (Å²) >= 11 is 0. The van der Waals surface area contributed by atoms with E-state index < -0.39 is 45.0 Å². The van der Waals surface area contributed by atoms with Crippen LogP contribution in [-0.4, -0.2) is 38.9 Å². The molecule has 22 heavy (non-hydrogen) atoms. The number of halogens is 4. The fraction of sp³-hybridized carbons (Fsp3) is 0.417. The van der Waals surface area contributed by atoms with E-state index in [4.69, 9.17) is 0 Å². The van der Waals surface area contributed by atoms with Gasteiger partial charge < -0.3 is 4.74 Å². The molecule has 0 spiro atoms. The van der Waals surface area contributed by atoms with Crippen molar-refractivity contribution >= 4 is 16.0 Å². The van der Waals surface area contributed by atoms with Crippen LogP contribution in [0.15, 0.2) is 23.1 Å². The lowest BCUT2D eigenvalue weighted by Crippen LogP contribution is -2.33. The number of nitrogens with zero attached hydrogens (tertiary/aromatic N) is 1. The molecular weight excluding hydrogens is 330 g/mol. The molecule has 0 amide bonds. The summed E-state index contributed by atoms with van der Waals surface area (Å²) in [6.07, 6.45) is -5.03. The van der Waals surface area contributed by atoms with E-state index in [0.717, 1.165) is 7.05 Å². The van der Waals surface area contributed by atoms with Crippen LogP contribution in [0, 0.1) is 5.82 Å². The highest BCUT2D eigenvalue weighted by Gasteiger charge is 2.36. The lowest BCUT2D eigenvalue weighted by atomic mass is 10.2. The molecule has 1 aromatic carbocycles. The molecule has 0 atom stereocenters. The minimum Gasteiger partial charge on any atom is -0.465 e. The van der Waals surface area contributed by atoms with Crippen molar-refractivity contribution in [3.05, 3.63) is 29.6 Å². The highest BCUT2D eigenvalue weighted by atomic mass is 32.2. The maximum absolute atomic E-state index is 13.2. The Balaban J connectivity index is 3.16. The molecule has 0 aromatic heterocycles. The lowest BCUT2D eigenvalue weighted by molar-refractivity contribution is -0.143. The molecule has 124 valence electrons. The number of carbonyl (C=O) groups excluding carboxylic acids is 1. The van der Waals surface area contributed by atoms with Gasteiger partial charge in [0.2, 0.25) is 10.0 Å². The van der Waals surface area contributed by atoms with Crippen molar-refractivity contribution in [1.29, 1.82) is 0 Å². The third kappa shape index (κ3) is 4.17. The van der Waals surface area contributed by atoms with Crippen LogP contribution in [-0.2, 0) is 25.7 Å². The summed E-state index contributed by atoms with van der Waals surface area (Å²) in [7, 11) is -3.38. The zero-order valence-electron chi connectivity index (χ0n) is 11.6. The number of hydrogen-bond donors (Lipinski definition) is 0.